The predicted molar refractivity (Wildman–Crippen MR) is 59.7 cm³/mol. The summed E-state index contributed by atoms with van der Waals surface area (Å²) in [4.78, 5) is 0. The molecular weight excluding hydrogens is 172 g/mol. The summed E-state index contributed by atoms with van der Waals surface area (Å²) in [5.74, 6) is 0. The van der Waals surface area contributed by atoms with Gasteiger partial charge in [-0.25, -0.2) is 0 Å². The fourth-order valence-electron chi connectivity index (χ4n) is 1.45. The van der Waals surface area contributed by atoms with Gasteiger partial charge in [0.25, 0.3) is 0 Å². The molecule has 1 aromatic heterocycles. The third-order valence-electron chi connectivity index (χ3n) is 2.13. The minimum atomic E-state index is 0.811. The molecule has 2 nitrogen and oxygen atoms in total. The maximum Gasteiger partial charge on any atom is 0.0930 e. The van der Waals surface area contributed by atoms with Crippen LogP contribution in [0.15, 0.2) is 37.4 Å². The van der Waals surface area contributed by atoms with Crippen molar-refractivity contribution >= 4 is 22.9 Å². The number of hydrogen-bond donors (Lipinski definition) is 0. The first-order chi connectivity index (χ1) is 6.86. The average Bonchev–Trinajstić information content (AvgIpc) is 2.27. The minimum absolute atomic E-state index is 0.811. The molecule has 14 heavy (non-hydrogen) atoms. The van der Waals surface area contributed by atoms with Crippen molar-refractivity contribution in [2.24, 2.45) is 0 Å². The quantitative estimate of drug-likeness (QED) is 0.713. The van der Waals surface area contributed by atoms with E-state index in [0.717, 1.165) is 22.2 Å². The highest BCUT2D eigenvalue weighted by molar-refractivity contribution is 5.93. The first-order valence-corrected chi connectivity index (χ1v) is 4.37. The molecule has 2 rings (SSSR count). The van der Waals surface area contributed by atoms with Gasteiger partial charge >= 0.3 is 0 Å². The molecule has 68 valence electrons. The van der Waals surface area contributed by atoms with Crippen molar-refractivity contribution < 1.29 is 0 Å². The Morgan fingerprint density at radius 3 is 1.64 bits per heavy atom. The third-order valence-corrected chi connectivity index (χ3v) is 2.13. The zero-order valence-corrected chi connectivity index (χ0v) is 7.77. The standard InChI is InChI=1S/C12H10N2/c1-3-11-9-7-5-6-8-10(9)12(4-2)14-13-11/h3-8H,1-2H2. The fourth-order valence-corrected chi connectivity index (χ4v) is 1.45. The summed E-state index contributed by atoms with van der Waals surface area (Å²) in [7, 11) is 0. The number of aromatic nitrogens is 2. The van der Waals surface area contributed by atoms with E-state index < -0.39 is 0 Å². The zero-order chi connectivity index (χ0) is 9.97. The van der Waals surface area contributed by atoms with Crippen LogP contribution in [0.1, 0.15) is 11.4 Å². The molecule has 0 bridgehead atoms. The molecular formula is C12H10N2. The summed E-state index contributed by atoms with van der Waals surface area (Å²) in [5, 5.41) is 10.2. The molecule has 0 atom stereocenters. The molecule has 0 aliphatic rings. The van der Waals surface area contributed by atoms with Crippen LogP contribution in [0, 0.1) is 0 Å². The number of fused-ring (bicyclic) bond motifs is 1. The summed E-state index contributed by atoms with van der Waals surface area (Å²) < 4.78 is 0. The maximum absolute atomic E-state index is 4.06. The Labute approximate surface area is 82.6 Å². The van der Waals surface area contributed by atoms with Crippen molar-refractivity contribution in [1.82, 2.24) is 10.2 Å². The van der Waals surface area contributed by atoms with E-state index in [1.807, 2.05) is 24.3 Å². The summed E-state index contributed by atoms with van der Waals surface area (Å²) in [5.41, 5.74) is 1.62. The lowest BCUT2D eigenvalue weighted by atomic mass is 10.1. The predicted octanol–water partition coefficient (Wildman–Crippen LogP) is 2.92. The van der Waals surface area contributed by atoms with Crippen LogP contribution < -0.4 is 0 Å². The van der Waals surface area contributed by atoms with E-state index in [1.54, 1.807) is 12.2 Å². The summed E-state index contributed by atoms with van der Waals surface area (Å²) >= 11 is 0. The van der Waals surface area contributed by atoms with E-state index in [-0.39, 0.29) is 0 Å². The first kappa shape index (κ1) is 8.63. The highest BCUT2D eigenvalue weighted by Crippen LogP contribution is 2.20. The topological polar surface area (TPSA) is 25.8 Å². The van der Waals surface area contributed by atoms with Crippen molar-refractivity contribution in [3.63, 3.8) is 0 Å². The number of nitrogens with zero attached hydrogens (tertiary/aromatic N) is 2. The number of hydrogen-bond acceptors (Lipinski definition) is 2. The van der Waals surface area contributed by atoms with Crippen LogP contribution in [0.3, 0.4) is 0 Å². The molecule has 1 aromatic carbocycles. The van der Waals surface area contributed by atoms with Crippen LogP contribution in [0.4, 0.5) is 0 Å². The van der Waals surface area contributed by atoms with Gasteiger partial charge in [-0.3, -0.25) is 0 Å². The number of benzene rings is 1. The summed E-state index contributed by atoms with van der Waals surface area (Å²) in [6, 6.07) is 7.97. The molecule has 0 radical (unpaired) electrons. The molecule has 0 amide bonds. The van der Waals surface area contributed by atoms with Crippen LogP contribution in [0.25, 0.3) is 22.9 Å². The van der Waals surface area contributed by atoms with Gasteiger partial charge in [-0.2, -0.15) is 0 Å². The van der Waals surface area contributed by atoms with Crippen molar-refractivity contribution in [1.29, 1.82) is 0 Å². The van der Waals surface area contributed by atoms with Gasteiger partial charge in [-0.1, -0.05) is 37.4 Å². The Morgan fingerprint density at radius 2 is 1.29 bits per heavy atom. The highest BCUT2D eigenvalue weighted by atomic mass is 15.1. The molecule has 0 aliphatic carbocycles. The SMILES string of the molecule is C=Cc1nnc(C=C)c2ccccc12. The molecule has 1 heterocycles. The van der Waals surface area contributed by atoms with Gasteiger partial charge in [-0.05, 0) is 12.2 Å². The second-order valence-electron chi connectivity index (χ2n) is 2.92. The summed E-state index contributed by atoms with van der Waals surface area (Å²) in [6.07, 6.45) is 3.42. The van der Waals surface area contributed by atoms with Crippen molar-refractivity contribution in [2.45, 2.75) is 0 Å². The van der Waals surface area contributed by atoms with Gasteiger partial charge in [-0.15, -0.1) is 10.2 Å². The second-order valence-corrected chi connectivity index (χ2v) is 2.92. The molecule has 0 spiro atoms. The number of rotatable bonds is 2. The first-order valence-electron chi connectivity index (χ1n) is 4.37. The molecule has 0 N–H and O–H groups in total. The zero-order valence-electron chi connectivity index (χ0n) is 7.77. The molecule has 0 saturated carbocycles. The average molecular weight is 182 g/mol. The van der Waals surface area contributed by atoms with Gasteiger partial charge in [0.05, 0.1) is 11.4 Å². The van der Waals surface area contributed by atoms with Gasteiger partial charge in [0, 0.05) is 10.8 Å². The Hall–Kier alpha value is -1.96. The van der Waals surface area contributed by atoms with E-state index in [4.69, 9.17) is 0 Å². The fraction of sp³-hybridized carbons (Fsp3) is 0. The maximum atomic E-state index is 4.06. The van der Waals surface area contributed by atoms with Crippen molar-refractivity contribution in [2.75, 3.05) is 0 Å². The van der Waals surface area contributed by atoms with E-state index >= 15 is 0 Å². The van der Waals surface area contributed by atoms with Gasteiger partial charge in [0.15, 0.2) is 0 Å². The monoisotopic (exact) mass is 182 g/mol. The Morgan fingerprint density at radius 1 is 0.857 bits per heavy atom. The lowest BCUT2D eigenvalue weighted by molar-refractivity contribution is 1.03. The largest absolute Gasteiger partial charge is 0.150 e. The van der Waals surface area contributed by atoms with Crippen LogP contribution in [-0.4, -0.2) is 10.2 Å². The van der Waals surface area contributed by atoms with Crippen LogP contribution in [-0.2, 0) is 0 Å². The minimum Gasteiger partial charge on any atom is -0.150 e. The lowest BCUT2D eigenvalue weighted by Gasteiger charge is -2.02. The van der Waals surface area contributed by atoms with Crippen LogP contribution in [0.2, 0.25) is 0 Å². The molecule has 2 heteroatoms. The molecule has 0 aliphatic heterocycles. The Bertz CT molecular complexity index is 454. The van der Waals surface area contributed by atoms with E-state index in [1.165, 1.54) is 0 Å². The highest BCUT2D eigenvalue weighted by Gasteiger charge is 2.03. The molecule has 0 unspecified atom stereocenters. The summed E-state index contributed by atoms with van der Waals surface area (Å²) in [6.45, 7) is 7.42. The van der Waals surface area contributed by atoms with Gasteiger partial charge in [0.1, 0.15) is 0 Å². The Balaban J connectivity index is 2.91. The Kier molecular flexibility index (Phi) is 2.11. The third kappa shape index (κ3) is 1.21. The molecule has 2 aromatic rings. The van der Waals surface area contributed by atoms with E-state index in [2.05, 4.69) is 23.4 Å². The van der Waals surface area contributed by atoms with E-state index in [0.29, 0.717) is 0 Å². The lowest BCUT2D eigenvalue weighted by Crippen LogP contribution is -1.92. The molecule has 0 saturated heterocycles. The molecule has 0 fully saturated rings. The van der Waals surface area contributed by atoms with Gasteiger partial charge < -0.3 is 0 Å². The van der Waals surface area contributed by atoms with Crippen molar-refractivity contribution in [3.05, 3.63) is 48.8 Å². The van der Waals surface area contributed by atoms with Crippen LogP contribution >= 0.6 is 0 Å². The van der Waals surface area contributed by atoms with Crippen LogP contribution in [0.5, 0.6) is 0 Å². The second kappa shape index (κ2) is 3.42. The van der Waals surface area contributed by atoms with E-state index in [9.17, 15) is 0 Å². The smallest absolute Gasteiger partial charge is 0.0930 e. The van der Waals surface area contributed by atoms with Crippen molar-refractivity contribution in [3.8, 4) is 0 Å². The van der Waals surface area contributed by atoms with Gasteiger partial charge in [0.2, 0.25) is 0 Å². The normalized spacial score (nSPS) is 10.0.